The molecule has 0 heterocycles. The molecule has 12 heavy (non-hydrogen) atoms. The fraction of sp³-hybridized carbons (Fsp3) is 1.00. The van der Waals surface area contributed by atoms with Crippen molar-refractivity contribution in [1.82, 2.24) is 4.90 Å². The molecule has 0 spiro atoms. The Morgan fingerprint density at radius 2 is 1.75 bits per heavy atom. The second-order valence-corrected chi connectivity index (χ2v) is 6.04. The Morgan fingerprint density at radius 3 is 2.08 bits per heavy atom. The lowest BCUT2D eigenvalue weighted by atomic mass is 10.3. The zero-order valence-corrected chi connectivity index (χ0v) is 9.19. The summed E-state index contributed by atoms with van der Waals surface area (Å²) in [5, 5.41) is 0. The predicted molar refractivity (Wildman–Crippen MR) is 52.0 cm³/mol. The summed E-state index contributed by atoms with van der Waals surface area (Å²) in [5.41, 5.74) is 0. The molecule has 0 aromatic rings. The number of hydrogen-bond acceptors (Lipinski definition) is 3. The number of rotatable bonds is 5. The molecule has 0 aliphatic heterocycles. The third-order valence-electron chi connectivity index (χ3n) is 1.44. The van der Waals surface area contributed by atoms with Gasteiger partial charge in [0, 0.05) is 6.54 Å². The molecule has 0 aromatic heterocycles. The van der Waals surface area contributed by atoms with Gasteiger partial charge in [-0.25, -0.2) is 8.42 Å². The maximum Gasteiger partial charge on any atom is 0.151 e. The van der Waals surface area contributed by atoms with Gasteiger partial charge in [-0.3, -0.25) is 0 Å². The summed E-state index contributed by atoms with van der Waals surface area (Å²) in [7, 11) is 0.942. The van der Waals surface area contributed by atoms with Crippen LogP contribution in [0.1, 0.15) is 13.8 Å². The predicted octanol–water partition coefficient (Wildman–Crippen LogP) is 0.619. The third-order valence-corrected chi connectivity index (χ3v) is 3.42. The molecule has 0 radical (unpaired) electrons. The molecule has 0 amide bonds. The van der Waals surface area contributed by atoms with Crippen LogP contribution in [0.3, 0.4) is 0 Å². The molecule has 0 rings (SSSR count). The number of hydrogen-bond donors (Lipinski definition) is 0. The summed E-state index contributed by atoms with van der Waals surface area (Å²) < 4.78 is 22.6. The minimum atomic E-state index is -2.82. The van der Waals surface area contributed by atoms with Crippen molar-refractivity contribution in [2.24, 2.45) is 5.92 Å². The molecule has 0 aromatic carbocycles. The molecular weight excluding hydrogens is 174 g/mol. The van der Waals surface area contributed by atoms with Crippen LogP contribution in [-0.4, -0.2) is 45.5 Å². The monoisotopic (exact) mass is 193 g/mol. The fourth-order valence-electron chi connectivity index (χ4n) is 0.913. The Bertz CT molecular complexity index is 207. The van der Waals surface area contributed by atoms with Crippen molar-refractivity contribution in [3.63, 3.8) is 0 Å². The third kappa shape index (κ3) is 6.61. The summed E-state index contributed by atoms with van der Waals surface area (Å²) in [5.74, 6) is 0.816. The molecule has 4 heteroatoms. The smallest absolute Gasteiger partial charge is 0.151 e. The van der Waals surface area contributed by atoms with Gasteiger partial charge in [0.1, 0.15) is 0 Å². The molecule has 0 aliphatic rings. The van der Waals surface area contributed by atoms with Gasteiger partial charge >= 0.3 is 0 Å². The van der Waals surface area contributed by atoms with Gasteiger partial charge in [-0.05, 0) is 20.0 Å². The molecule has 0 fully saturated rings. The van der Waals surface area contributed by atoms with Gasteiger partial charge in [-0.15, -0.1) is 0 Å². The van der Waals surface area contributed by atoms with Crippen LogP contribution in [-0.2, 0) is 9.84 Å². The first-order chi connectivity index (χ1) is 5.33. The Labute approximate surface area is 75.7 Å². The van der Waals surface area contributed by atoms with Gasteiger partial charge in [0.25, 0.3) is 0 Å². The van der Waals surface area contributed by atoms with Crippen molar-refractivity contribution >= 4 is 9.84 Å². The minimum Gasteiger partial charge on any atom is -0.308 e. The fourth-order valence-corrected chi connectivity index (χ4v) is 2.74. The quantitative estimate of drug-likeness (QED) is 0.642. The van der Waals surface area contributed by atoms with E-state index < -0.39 is 9.84 Å². The van der Waals surface area contributed by atoms with Gasteiger partial charge < -0.3 is 4.90 Å². The maximum absolute atomic E-state index is 11.3. The Morgan fingerprint density at radius 1 is 1.25 bits per heavy atom. The SMILES string of the molecule is CC(C)CS(=O)(=O)CCN(C)C. The maximum atomic E-state index is 11.3. The van der Waals surface area contributed by atoms with E-state index in [0.29, 0.717) is 12.3 Å². The van der Waals surface area contributed by atoms with Crippen molar-refractivity contribution in [1.29, 1.82) is 0 Å². The minimum absolute atomic E-state index is 0.233. The van der Waals surface area contributed by atoms with Gasteiger partial charge in [0.15, 0.2) is 9.84 Å². The zero-order valence-electron chi connectivity index (χ0n) is 8.37. The van der Waals surface area contributed by atoms with Crippen LogP contribution < -0.4 is 0 Å². The second kappa shape index (κ2) is 4.82. The Hall–Kier alpha value is -0.0900. The van der Waals surface area contributed by atoms with Crippen LogP contribution in [0, 0.1) is 5.92 Å². The first-order valence-corrected chi connectivity index (χ1v) is 6.01. The summed E-state index contributed by atoms with van der Waals surface area (Å²) >= 11 is 0. The largest absolute Gasteiger partial charge is 0.308 e. The van der Waals surface area contributed by atoms with Gasteiger partial charge in [0.05, 0.1) is 11.5 Å². The van der Waals surface area contributed by atoms with Crippen LogP contribution in [0.15, 0.2) is 0 Å². The van der Waals surface area contributed by atoms with Gasteiger partial charge in [-0.1, -0.05) is 13.8 Å². The summed E-state index contributed by atoms with van der Waals surface area (Å²) in [4.78, 5) is 1.89. The number of sulfone groups is 1. The normalized spacial score (nSPS) is 12.8. The van der Waals surface area contributed by atoms with Crippen molar-refractivity contribution in [2.45, 2.75) is 13.8 Å². The molecule has 0 unspecified atom stereocenters. The standard InChI is InChI=1S/C8H19NO2S/c1-8(2)7-12(10,11)6-5-9(3)4/h8H,5-7H2,1-4H3. The summed E-state index contributed by atoms with van der Waals surface area (Å²) in [6, 6.07) is 0. The number of nitrogens with zero attached hydrogens (tertiary/aromatic N) is 1. The van der Waals surface area contributed by atoms with E-state index in [4.69, 9.17) is 0 Å². The molecule has 74 valence electrons. The Balaban J connectivity index is 3.89. The molecular formula is C8H19NO2S. The summed E-state index contributed by atoms with van der Waals surface area (Å²) in [6.07, 6.45) is 0. The highest BCUT2D eigenvalue weighted by Gasteiger charge is 2.12. The average molecular weight is 193 g/mol. The van der Waals surface area contributed by atoms with E-state index in [1.807, 2.05) is 32.8 Å². The molecule has 0 atom stereocenters. The first-order valence-electron chi connectivity index (χ1n) is 4.18. The van der Waals surface area contributed by atoms with E-state index in [9.17, 15) is 8.42 Å². The van der Waals surface area contributed by atoms with Crippen molar-refractivity contribution in [3.05, 3.63) is 0 Å². The molecule has 0 N–H and O–H groups in total. The Kier molecular flexibility index (Phi) is 4.78. The van der Waals surface area contributed by atoms with E-state index in [1.165, 1.54) is 0 Å². The van der Waals surface area contributed by atoms with Crippen LogP contribution >= 0.6 is 0 Å². The van der Waals surface area contributed by atoms with Crippen LogP contribution in [0.2, 0.25) is 0 Å². The lowest BCUT2D eigenvalue weighted by Crippen LogP contribution is -2.24. The van der Waals surface area contributed by atoms with Crippen LogP contribution in [0.5, 0.6) is 0 Å². The topological polar surface area (TPSA) is 37.4 Å². The van der Waals surface area contributed by atoms with Crippen molar-refractivity contribution in [2.75, 3.05) is 32.1 Å². The highest BCUT2D eigenvalue weighted by Crippen LogP contribution is 2.00. The highest BCUT2D eigenvalue weighted by atomic mass is 32.2. The van der Waals surface area contributed by atoms with E-state index in [0.717, 1.165) is 0 Å². The molecule has 0 saturated carbocycles. The van der Waals surface area contributed by atoms with Crippen LogP contribution in [0.4, 0.5) is 0 Å². The second-order valence-electron chi connectivity index (χ2n) is 3.81. The van der Waals surface area contributed by atoms with Crippen molar-refractivity contribution in [3.8, 4) is 0 Å². The zero-order chi connectivity index (χ0) is 9.78. The molecule has 0 saturated heterocycles. The average Bonchev–Trinajstić information content (AvgIpc) is 1.81. The lowest BCUT2D eigenvalue weighted by Gasteiger charge is -2.10. The van der Waals surface area contributed by atoms with Gasteiger partial charge in [-0.2, -0.15) is 0 Å². The van der Waals surface area contributed by atoms with E-state index >= 15 is 0 Å². The van der Waals surface area contributed by atoms with Crippen molar-refractivity contribution < 1.29 is 8.42 Å². The lowest BCUT2D eigenvalue weighted by molar-refractivity contribution is 0.431. The molecule has 3 nitrogen and oxygen atoms in total. The van der Waals surface area contributed by atoms with E-state index in [-0.39, 0.29) is 11.7 Å². The molecule has 0 bridgehead atoms. The first kappa shape index (κ1) is 11.9. The summed E-state index contributed by atoms with van der Waals surface area (Å²) in [6.45, 7) is 4.47. The van der Waals surface area contributed by atoms with Crippen LogP contribution in [0.25, 0.3) is 0 Å². The van der Waals surface area contributed by atoms with E-state index in [2.05, 4.69) is 0 Å². The molecule has 0 aliphatic carbocycles. The van der Waals surface area contributed by atoms with E-state index in [1.54, 1.807) is 0 Å². The van der Waals surface area contributed by atoms with Gasteiger partial charge in [0.2, 0.25) is 0 Å². The highest BCUT2D eigenvalue weighted by molar-refractivity contribution is 7.91.